The van der Waals surface area contributed by atoms with Gasteiger partial charge in [-0.1, -0.05) is 62.4 Å². The molecule has 0 heterocycles. The Kier molecular flexibility index (Phi) is 14.7. The van der Waals surface area contributed by atoms with E-state index >= 15 is 0 Å². The molecule has 1 saturated carbocycles. The molecule has 0 radical (unpaired) electrons. The number of rotatable bonds is 15. The number of aliphatic carboxylic acids is 1. The van der Waals surface area contributed by atoms with E-state index in [9.17, 15) is 23.1 Å². The maximum Gasteiger partial charge on any atom is 1.00 e. The molecule has 0 bridgehead atoms. The van der Waals surface area contributed by atoms with Crippen LogP contribution in [0.15, 0.2) is 71.6 Å². The number of thioether (sulfide) groups is 1. The van der Waals surface area contributed by atoms with Crippen LogP contribution in [-0.2, 0) is 21.4 Å². The van der Waals surface area contributed by atoms with E-state index in [4.69, 9.17) is 4.74 Å². The first kappa shape index (κ1) is 37.7. The SMILES string of the molecule is COc1ccc(S(=O)(=O)N(CCC2CCCCC2)Cc2ccc(C(=O)NC(CCSC)C(=O)[O-])c(-c3ccccc3C)c2)cc1.[Li+]. The number of hydrogen-bond donors (Lipinski definition) is 1. The van der Waals surface area contributed by atoms with Gasteiger partial charge in [0.2, 0.25) is 10.0 Å². The molecule has 0 aliphatic heterocycles. The van der Waals surface area contributed by atoms with Gasteiger partial charge in [0, 0.05) is 18.7 Å². The number of benzene rings is 3. The Hall–Kier alpha value is -2.74. The summed E-state index contributed by atoms with van der Waals surface area (Å²) in [5, 5.41) is 14.4. The van der Waals surface area contributed by atoms with E-state index in [1.165, 1.54) is 35.3 Å². The Morgan fingerprint density at radius 2 is 1.72 bits per heavy atom. The second kappa shape index (κ2) is 18.0. The van der Waals surface area contributed by atoms with Crippen LogP contribution in [0.25, 0.3) is 11.1 Å². The zero-order valence-corrected chi connectivity index (χ0v) is 28.9. The number of carboxylic acids is 1. The molecule has 4 rings (SSSR count). The monoisotopic (exact) mass is 658 g/mol. The maximum atomic E-state index is 14.0. The van der Waals surface area contributed by atoms with Crippen molar-refractivity contribution in [2.75, 3.05) is 25.7 Å². The van der Waals surface area contributed by atoms with E-state index in [2.05, 4.69) is 5.32 Å². The van der Waals surface area contributed by atoms with Gasteiger partial charge in [0.25, 0.3) is 5.91 Å². The molecule has 242 valence electrons. The molecule has 1 amide bonds. The molecule has 1 aliphatic carbocycles. The van der Waals surface area contributed by atoms with Gasteiger partial charge < -0.3 is 20.0 Å². The molecule has 46 heavy (non-hydrogen) atoms. The molecule has 3 aromatic rings. The Balaban J connectivity index is 0.00000576. The van der Waals surface area contributed by atoms with Gasteiger partial charge in [-0.2, -0.15) is 16.1 Å². The number of carbonyl (C=O) groups excluding carboxylic acids is 2. The minimum atomic E-state index is -3.85. The number of ether oxygens (including phenoxy) is 1. The second-order valence-corrected chi connectivity index (χ2v) is 14.6. The molecular formula is C35H43LiN2O6S2. The zero-order valence-electron chi connectivity index (χ0n) is 27.3. The average Bonchev–Trinajstić information content (AvgIpc) is 3.05. The predicted octanol–water partition coefficient (Wildman–Crippen LogP) is 2.44. The van der Waals surface area contributed by atoms with E-state index in [1.54, 1.807) is 43.5 Å². The molecular weight excluding hydrogens is 615 g/mol. The Labute approximate surface area is 289 Å². The normalized spacial score (nSPS) is 14.3. The van der Waals surface area contributed by atoms with Crippen LogP contribution in [0.3, 0.4) is 0 Å². The molecule has 1 aliphatic rings. The number of sulfonamides is 1. The van der Waals surface area contributed by atoms with Crippen LogP contribution in [0.4, 0.5) is 0 Å². The molecule has 1 atom stereocenters. The average molecular weight is 659 g/mol. The van der Waals surface area contributed by atoms with Crippen molar-refractivity contribution >= 4 is 33.7 Å². The summed E-state index contributed by atoms with van der Waals surface area (Å²) in [6.45, 7) is 2.44. The molecule has 8 nitrogen and oxygen atoms in total. The van der Waals surface area contributed by atoms with Crippen LogP contribution in [0.5, 0.6) is 5.75 Å². The van der Waals surface area contributed by atoms with Gasteiger partial charge in [0.15, 0.2) is 0 Å². The van der Waals surface area contributed by atoms with Crippen molar-refractivity contribution < 1.29 is 46.7 Å². The van der Waals surface area contributed by atoms with Crippen LogP contribution in [0.2, 0.25) is 0 Å². The number of aryl methyl sites for hydroxylation is 1. The zero-order chi connectivity index (χ0) is 32.4. The van der Waals surface area contributed by atoms with Crippen LogP contribution in [0.1, 0.15) is 66.4 Å². The fraction of sp³-hybridized carbons (Fsp3) is 0.429. The van der Waals surface area contributed by atoms with Crippen LogP contribution >= 0.6 is 11.8 Å². The summed E-state index contributed by atoms with van der Waals surface area (Å²) in [6.07, 6.45) is 8.70. The Morgan fingerprint density at radius 1 is 1.02 bits per heavy atom. The minimum absolute atomic E-state index is 0. The molecule has 0 saturated heterocycles. The Morgan fingerprint density at radius 3 is 2.35 bits per heavy atom. The van der Waals surface area contributed by atoms with E-state index in [0.717, 1.165) is 36.0 Å². The van der Waals surface area contributed by atoms with Crippen molar-refractivity contribution in [3.05, 3.63) is 83.4 Å². The molecule has 1 N–H and O–H groups in total. The number of methoxy groups -OCH3 is 1. The fourth-order valence-electron chi connectivity index (χ4n) is 5.89. The molecule has 0 spiro atoms. The number of hydrogen-bond acceptors (Lipinski definition) is 7. The topological polar surface area (TPSA) is 116 Å². The maximum absolute atomic E-state index is 14.0. The predicted molar refractivity (Wildman–Crippen MR) is 178 cm³/mol. The fourth-order valence-corrected chi connectivity index (χ4v) is 7.81. The first-order valence-corrected chi connectivity index (χ1v) is 18.3. The summed E-state index contributed by atoms with van der Waals surface area (Å²) < 4.78 is 34.8. The number of carboxylic acid groups (broad SMARTS) is 1. The van der Waals surface area contributed by atoms with Crippen molar-refractivity contribution in [1.82, 2.24) is 9.62 Å². The molecule has 0 aromatic heterocycles. The smallest absolute Gasteiger partial charge is 0.548 e. The van der Waals surface area contributed by atoms with Crippen molar-refractivity contribution in [2.24, 2.45) is 5.92 Å². The first-order valence-electron chi connectivity index (χ1n) is 15.5. The van der Waals surface area contributed by atoms with E-state index in [-0.39, 0.29) is 36.7 Å². The van der Waals surface area contributed by atoms with Gasteiger partial charge in [-0.05, 0) is 96.3 Å². The standard InChI is InChI=1S/C35H44N2O6S2.Li/c1-25-9-7-8-12-30(25)32-23-27(13-18-31(32)34(38)36-33(35(39)40)20-22-44-3)24-37(21-19-26-10-5-4-6-11-26)45(41,42)29-16-14-28(43-2)15-17-29;/h7-9,12-18,23,26,33H,4-6,10-11,19-22,24H2,1-3H3,(H,36,38)(H,39,40);/q;+1/p-1. The van der Waals surface area contributed by atoms with Gasteiger partial charge in [-0.15, -0.1) is 0 Å². The summed E-state index contributed by atoms with van der Waals surface area (Å²) in [7, 11) is -2.31. The molecule has 11 heteroatoms. The summed E-state index contributed by atoms with van der Waals surface area (Å²) in [5.41, 5.74) is 3.40. The summed E-state index contributed by atoms with van der Waals surface area (Å²) >= 11 is 1.49. The summed E-state index contributed by atoms with van der Waals surface area (Å²) in [5.74, 6) is -0.224. The van der Waals surface area contributed by atoms with Crippen LogP contribution in [0, 0.1) is 12.8 Å². The Bertz CT molecular complexity index is 1560. The first-order chi connectivity index (χ1) is 21.6. The van der Waals surface area contributed by atoms with Gasteiger partial charge in [0.1, 0.15) is 5.75 Å². The van der Waals surface area contributed by atoms with Crippen LogP contribution in [-0.4, -0.2) is 56.3 Å². The number of nitrogens with one attached hydrogen (secondary N) is 1. The van der Waals surface area contributed by atoms with E-state index in [1.807, 2.05) is 43.5 Å². The van der Waals surface area contributed by atoms with Gasteiger partial charge >= 0.3 is 18.9 Å². The third-order valence-corrected chi connectivity index (χ3v) is 11.0. The minimum Gasteiger partial charge on any atom is -0.548 e. The van der Waals surface area contributed by atoms with Crippen molar-refractivity contribution in [3.63, 3.8) is 0 Å². The van der Waals surface area contributed by atoms with E-state index < -0.39 is 27.9 Å². The molecule has 1 unspecified atom stereocenters. The van der Waals surface area contributed by atoms with Crippen molar-refractivity contribution in [3.8, 4) is 16.9 Å². The van der Waals surface area contributed by atoms with Crippen LogP contribution < -0.4 is 34.0 Å². The number of amides is 1. The summed E-state index contributed by atoms with van der Waals surface area (Å²) in [4.78, 5) is 25.5. The van der Waals surface area contributed by atoms with Gasteiger partial charge in [-0.3, -0.25) is 4.79 Å². The van der Waals surface area contributed by atoms with E-state index in [0.29, 0.717) is 35.1 Å². The van der Waals surface area contributed by atoms with Crippen molar-refractivity contribution in [2.45, 2.75) is 69.4 Å². The third-order valence-electron chi connectivity index (χ3n) is 8.53. The quantitative estimate of drug-likeness (QED) is 0.250. The van der Waals surface area contributed by atoms with Gasteiger partial charge in [0.05, 0.1) is 24.0 Å². The second-order valence-electron chi connectivity index (χ2n) is 11.6. The summed E-state index contributed by atoms with van der Waals surface area (Å²) in [6, 6.07) is 18.2. The number of nitrogens with zero attached hydrogens (tertiary/aromatic N) is 1. The van der Waals surface area contributed by atoms with Gasteiger partial charge in [-0.25, -0.2) is 8.42 Å². The molecule has 3 aromatic carbocycles. The molecule has 1 fully saturated rings. The largest absolute Gasteiger partial charge is 1.00 e. The number of carbonyl (C=O) groups is 2. The van der Waals surface area contributed by atoms with Crippen molar-refractivity contribution in [1.29, 1.82) is 0 Å². The third kappa shape index (κ3) is 9.88.